The fourth-order valence-electron chi connectivity index (χ4n) is 3.71. The molecule has 0 unspecified atom stereocenters. The molecule has 0 radical (unpaired) electrons. The summed E-state index contributed by atoms with van der Waals surface area (Å²) >= 11 is 5.87. The normalized spacial score (nSPS) is 14.4. The molecule has 1 saturated carbocycles. The highest BCUT2D eigenvalue weighted by molar-refractivity contribution is 7.86. The van der Waals surface area contributed by atoms with Crippen LogP contribution in [0.2, 0.25) is 5.02 Å². The second-order valence-electron chi connectivity index (χ2n) is 8.27. The average molecular weight is 508 g/mol. The maximum atomic E-state index is 13.6. The summed E-state index contributed by atoms with van der Waals surface area (Å²) in [4.78, 5) is 38.9. The topological polar surface area (TPSA) is 95.6 Å². The molecule has 1 fully saturated rings. The van der Waals surface area contributed by atoms with Crippen molar-refractivity contribution in [2.75, 3.05) is 28.3 Å². The molecule has 2 aromatic rings. The molecule has 1 atom stereocenters. The molecule has 2 N–H and O–H groups in total. The van der Waals surface area contributed by atoms with Crippen molar-refractivity contribution >= 4 is 51.5 Å². The van der Waals surface area contributed by atoms with Crippen molar-refractivity contribution < 1.29 is 23.0 Å². The molecule has 10 heteroatoms. The molecule has 2 aromatic carbocycles. The minimum atomic E-state index is -1.82. The Labute approximate surface area is 205 Å². The highest BCUT2D eigenvalue weighted by Gasteiger charge is 2.25. The minimum absolute atomic E-state index is 0.0564. The van der Waals surface area contributed by atoms with Gasteiger partial charge < -0.3 is 15.5 Å². The standard InChI is InChI=1S/C24H27ClFN3O4S/c1-16-6-8-18(9-7-16)28-23(31)14-34(33)15-24(32)29(19-10-11-21(26)20(25)12-19)13-22(30)27-17-4-2-3-5-17/h6-12,17H,2-5,13-15H2,1H3,(H,27,30)(H,28,31)/t34-/m0/s1. The molecule has 0 saturated heterocycles. The maximum Gasteiger partial charge on any atom is 0.240 e. The van der Waals surface area contributed by atoms with E-state index < -0.39 is 34.2 Å². The second-order valence-corrected chi connectivity index (χ2v) is 10.1. The van der Waals surface area contributed by atoms with Gasteiger partial charge in [-0.2, -0.15) is 0 Å². The molecule has 0 aromatic heterocycles. The fourth-order valence-corrected chi connectivity index (χ4v) is 4.78. The summed E-state index contributed by atoms with van der Waals surface area (Å²) in [5.74, 6) is -3.02. The number of rotatable bonds is 9. The Kier molecular flexibility index (Phi) is 9.18. The van der Waals surface area contributed by atoms with Crippen molar-refractivity contribution in [1.29, 1.82) is 0 Å². The van der Waals surface area contributed by atoms with Crippen molar-refractivity contribution in [2.45, 2.75) is 38.6 Å². The van der Waals surface area contributed by atoms with Gasteiger partial charge in [-0.25, -0.2) is 4.39 Å². The van der Waals surface area contributed by atoms with E-state index in [0.29, 0.717) is 5.69 Å². The third kappa shape index (κ3) is 7.63. The van der Waals surface area contributed by atoms with Crippen LogP contribution in [-0.4, -0.2) is 46.0 Å². The van der Waals surface area contributed by atoms with Crippen LogP contribution in [0.3, 0.4) is 0 Å². The van der Waals surface area contributed by atoms with E-state index in [4.69, 9.17) is 11.6 Å². The molecule has 7 nitrogen and oxygen atoms in total. The van der Waals surface area contributed by atoms with Gasteiger partial charge in [0.05, 0.1) is 5.02 Å². The number of hydrogen-bond donors (Lipinski definition) is 2. The maximum absolute atomic E-state index is 13.6. The third-order valence-corrected chi connectivity index (χ3v) is 6.89. The number of nitrogens with one attached hydrogen (secondary N) is 2. The van der Waals surface area contributed by atoms with Crippen molar-refractivity contribution in [2.24, 2.45) is 0 Å². The Hall–Kier alpha value is -2.78. The van der Waals surface area contributed by atoms with Gasteiger partial charge in [0.25, 0.3) is 0 Å². The summed E-state index contributed by atoms with van der Waals surface area (Å²) < 4.78 is 26.2. The first-order valence-electron chi connectivity index (χ1n) is 11.0. The van der Waals surface area contributed by atoms with Crippen LogP contribution in [0.15, 0.2) is 42.5 Å². The van der Waals surface area contributed by atoms with E-state index in [9.17, 15) is 23.0 Å². The highest BCUT2D eigenvalue weighted by Crippen LogP contribution is 2.23. The van der Waals surface area contributed by atoms with Crippen LogP contribution in [-0.2, 0) is 25.2 Å². The van der Waals surface area contributed by atoms with Crippen LogP contribution in [0.4, 0.5) is 15.8 Å². The molecule has 0 aliphatic heterocycles. The van der Waals surface area contributed by atoms with Crippen LogP contribution in [0.1, 0.15) is 31.2 Å². The SMILES string of the molecule is Cc1ccc(NC(=O)C[S@](=O)CC(=O)N(CC(=O)NC2CCCC2)c2ccc(F)c(Cl)c2)cc1. The molecular formula is C24H27ClFN3O4S. The zero-order valence-electron chi connectivity index (χ0n) is 18.8. The predicted octanol–water partition coefficient (Wildman–Crippen LogP) is 3.57. The van der Waals surface area contributed by atoms with E-state index in [1.54, 1.807) is 12.1 Å². The van der Waals surface area contributed by atoms with Crippen LogP contribution < -0.4 is 15.5 Å². The summed E-state index contributed by atoms with van der Waals surface area (Å²) in [7, 11) is -1.82. The Morgan fingerprint density at radius 1 is 1.06 bits per heavy atom. The summed E-state index contributed by atoms with van der Waals surface area (Å²) in [6.45, 7) is 1.59. The van der Waals surface area contributed by atoms with Gasteiger partial charge >= 0.3 is 0 Å². The first-order valence-corrected chi connectivity index (χ1v) is 12.8. The molecule has 3 rings (SSSR count). The molecule has 0 spiro atoms. The van der Waals surface area contributed by atoms with Crippen LogP contribution >= 0.6 is 11.6 Å². The molecule has 0 bridgehead atoms. The highest BCUT2D eigenvalue weighted by atomic mass is 35.5. The monoisotopic (exact) mass is 507 g/mol. The molecule has 0 heterocycles. The number of carbonyl (C=O) groups excluding carboxylic acids is 3. The van der Waals surface area contributed by atoms with E-state index in [1.807, 2.05) is 19.1 Å². The van der Waals surface area contributed by atoms with Gasteiger partial charge in [-0.1, -0.05) is 42.1 Å². The smallest absolute Gasteiger partial charge is 0.240 e. The first-order chi connectivity index (χ1) is 16.2. The van der Waals surface area contributed by atoms with Crippen molar-refractivity contribution in [3.8, 4) is 0 Å². The number of hydrogen-bond acceptors (Lipinski definition) is 4. The van der Waals surface area contributed by atoms with Gasteiger partial charge in [0.1, 0.15) is 23.9 Å². The lowest BCUT2D eigenvalue weighted by atomic mass is 10.2. The summed E-state index contributed by atoms with van der Waals surface area (Å²) in [5, 5.41) is 5.33. The van der Waals surface area contributed by atoms with Crippen LogP contribution in [0.25, 0.3) is 0 Å². The van der Waals surface area contributed by atoms with Gasteiger partial charge in [0.2, 0.25) is 17.7 Å². The van der Waals surface area contributed by atoms with Crippen molar-refractivity contribution in [3.63, 3.8) is 0 Å². The lowest BCUT2D eigenvalue weighted by Gasteiger charge is -2.23. The number of halogens is 2. The summed E-state index contributed by atoms with van der Waals surface area (Å²) in [5.41, 5.74) is 1.80. The minimum Gasteiger partial charge on any atom is -0.352 e. The Morgan fingerprint density at radius 3 is 2.38 bits per heavy atom. The van der Waals surface area contributed by atoms with Gasteiger partial charge in [-0.05, 0) is 50.1 Å². The van der Waals surface area contributed by atoms with Crippen LogP contribution in [0, 0.1) is 12.7 Å². The van der Waals surface area contributed by atoms with E-state index in [1.165, 1.54) is 12.1 Å². The van der Waals surface area contributed by atoms with Gasteiger partial charge in [-0.15, -0.1) is 0 Å². The largest absolute Gasteiger partial charge is 0.352 e. The summed E-state index contributed by atoms with van der Waals surface area (Å²) in [6.07, 6.45) is 3.82. The number of anilines is 2. The lowest BCUT2D eigenvalue weighted by Crippen LogP contribution is -2.45. The Balaban J connectivity index is 1.64. The number of aryl methyl sites for hydroxylation is 1. The predicted molar refractivity (Wildman–Crippen MR) is 132 cm³/mol. The zero-order chi connectivity index (χ0) is 24.7. The lowest BCUT2D eigenvalue weighted by molar-refractivity contribution is -0.123. The molecule has 3 amide bonds. The van der Waals surface area contributed by atoms with Crippen molar-refractivity contribution in [3.05, 3.63) is 58.9 Å². The van der Waals surface area contributed by atoms with Crippen molar-refractivity contribution in [1.82, 2.24) is 5.32 Å². The van der Waals surface area contributed by atoms with E-state index in [-0.39, 0.29) is 35.0 Å². The Bertz CT molecular complexity index is 1070. The molecule has 1 aliphatic rings. The third-order valence-electron chi connectivity index (χ3n) is 5.45. The van der Waals surface area contributed by atoms with Gasteiger partial charge in [-0.3, -0.25) is 18.6 Å². The zero-order valence-corrected chi connectivity index (χ0v) is 20.4. The van der Waals surface area contributed by atoms with E-state index in [2.05, 4.69) is 10.6 Å². The van der Waals surface area contributed by atoms with Gasteiger partial charge in [0.15, 0.2) is 0 Å². The number of carbonyl (C=O) groups is 3. The molecule has 1 aliphatic carbocycles. The second kappa shape index (κ2) is 12.1. The number of nitrogens with zero attached hydrogens (tertiary/aromatic N) is 1. The van der Waals surface area contributed by atoms with Gasteiger partial charge in [0, 0.05) is 28.2 Å². The first kappa shape index (κ1) is 25.8. The number of benzene rings is 2. The quantitative estimate of drug-likeness (QED) is 0.542. The number of amides is 3. The van der Waals surface area contributed by atoms with E-state index >= 15 is 0 Å². The molecule has 182 valence electrons. The Morgan fingerprint density at radius 2 is 1.74 bits per heavy atom. The van der Waals surface area contributed by atoms with E-state index in [0.717, 1.165) is 42.2 Å². The molecular weight excluding hydrogens is 481 g/mol. The molecule has 34 heavy (non-hydrogen) atoms. The fraction of sp³-hybridized carbons (Fsp3) is 0.375. The summed E-state index contributed by atoms with van der Waals surface area (Å²) in [6, 6.07) is 10.8. The van der Waals surface area contributed by atoms with Crippen LogP contribution in [0.5, 0.6) is 0 Å². The average Bonchev–Trinajstić information content (AvgIpc) is 3.28.